The summed E-state index contributed by atoms with van der Waals surface area (Å²) in [5.41, 5.74) is 0. The normalized spacial score (nSPS) is 10.2. The molecule has 0 aliphatic carbocycles. The van der Waals surface area contributed by atoms with Crippen LogP contribution in [0.5, 0.6) is 6.01 Å². The number of hydrogen-bond acceptors (Lipinski definition) is 7. The quantitative estimate of drug-likeness (QED) is 0.688. The van der Waals surface area contributed by atoms with Crippen LogP contribution < -0.4 is 15.0 Å². The zero-order valence-corrected chi connectivity index (χ0v) is 11.4. The van der Waals surface area contributed by atoms with Crippen molar-refractivity contribution in [1.29, 1.82) is 0 Å². The van der Waals surface area contributed by atoms with E-state index in [0.717, 1.165) is 13.0 Å². The van der Waals surface area contributed by atoms with Crippen LogP contribution in [-0.4, -0.2) is 55.9 Å². The molecule has 0 fully saturated rings. The van der Waals surface area contributed by atoms with Gasteiger partial charge in [0.1, 0.15) is 6.61 Å². The SMILES string of the molecule is CCCNc1nc(OCCOC)nc(N(C)C)n1. The first-order chi connectivity index (χ1) is 8.67. The van der Waals surface area contributed by atoms with Crippen LogP contribution in [0.4, 0.5) is 11.9 Å². The Labute approximate surface area is 108 Å². The number of hydrogen-bond donors (Lipinski definition) is 1. The minimum atomic E-state index is 0.310. The van der Waals surface area contributed by atoms with Crippen molar-refractivity contribution in [3.63, 3.8) is 0 Å². The van der Waals surface area contributed by atoms with Gasteiger partial charge in [0.2, 0.25) is 11.9 Å². The predicted octanol–water partition coefficient (Wildman–Crippen LogP) is 0.785. The van der Waals surface area contributed by atoms with Crippen molar-refractivity contribution < 1.29 is 9.47 Å². The molecule has 1 N–H and O–H groups in total. The lowest BCUT2D eigenvalue weighted by molar-refractivity contribution is 0.141. The highest BCUT2D eigenvalue weighted by Crippen LogP contribution is 2.12. The minimum absolute atomic E-state index is 0.310. The van der Waals surface area contributed by atoms with Crippen LogP contribution in [0.15, 0.2) is 0 Å². The first kappa shape index (κ1) is 14.4. The maximum absolute atomic E-state index is 5.40. The molecule has 0 bridgehead atoms. The smallest absolute Gasteiger partial charge is 0.323 e. The van der Waals surface area contributed by atoms with Gasteiger partial charge in [0.25, 0.3) is 0 Å². The zero-order valence-electron chi connectivity index (χ0n) is 11.4. The number of methoxy groups -OCH3 is 1. The van der Waals surface area contributed by atoms with Gasteiger partial charge in [-0.2, -0.15) is 15.0 Å². The fourth-order valence-electron chi connectivity index (χ4n) is 1.14. The molecule has 7 heteroatoms. The van der Waals surface area contributed by atoms with Gasteiger partial charge in [-0.3, -0.25) is 0 Å². The minimum Gasteiger partial charge on any atom is -0.461 e. The Hall–Kier alpha value is -1.63. The maximum Gasteiger partial charge on any atom is 0.323 e. The summed E-state index contributed by atoms with van der Waals surface area (Å²) >= 11 is 0. The van der Waals surface area contributed by atoms with Gasteiger partial charge in [-0.1, -0.05) is 6.92 Å². The van der Waals surface area contributed by atoms with E-state index in [9.17, 15) is 0 Å². The summed E-state index contributed by atoms with van der Waals surface area (Å²) < 4.78 is 10.3. The molecule has 0 amide bonds. The maximum atomic E-state index is 5.40. The van der Waals surface area contributed by atoms with Crippen molar-refractivity contribution in [3.05, 3.63) is 0 Å². The van der Waals surface area contributed by atoms with Crippen molar-refractivity contribution in [2.24, 2.45) is 0 Å². The summed E-state index contributed by atoms with van der Waals surface area (Å²) in [6.07, 6.45) is 1.00. The molecule has 0 saturated carbocycles. The van der Waals surface area contributed by atoms with Crippen molar-refractivity contribution in [2.45, 2.75) is 13.3 Å². The average Bonchev–Trinajstić information content (AvgIpc) is 2.36. The van der Waals surface area contributed by atoms with Gasteiger partial charge < -0.3 is 19.7 Å². The van der Waals surface area contributed by atoms with E-state index >= 15 is 0 Å². The molecule has 1 rings (SSSR count). The van der Waals surface area contributed by atoms with Gasteiger partial charge in [-0.15, -0.1) is 0 Å². The summed E-state index contributed by atoms with van der Waals surface area (Å²) in [4.78, 5) is 14.5. The van der Waals surface area contributed by atoms with Gasteiger partial charge in [0.15, 0.2) is 0 Å². The molecule has 1 aromatic heterocycles. The fraction of sp³-hybridized carbons (Fsp3) is 0.727. The number of rotatable bonds is 8. The van der Waals surface area contributed by atoms with Gasteiger partial charge in [0.05, 0.1) is 6.61 Å². The van der Waals surface area contributed by atoms with Gasteiger partial charge in [0, 0.05) is 27.7 Å². The summed E-state index contributed by atoms with van der Waals surface area (Å²) in [7, 11) is 5.37. The van der Waals surface area contributed by atoms with E-state index < -0.39 is 0 Å². The highest BCUT2D eigenvalue weighted by atomic mass is 16.5. The Balaban J connectivity index is 2.77. The topological polar surface area (TPSA) is 72.4 Å². The number of ether oxygens (including phenoxy) is 2. The summed E-state index contributed by atoms with van der Waals surface area (Å²) in [6.45, 7) is 3.81. The fourth-order valence-corrected chi connectivity index (χ4v) is 1.14. The molecule has 0 atom stereocenters. The van der Waals surface area contributed by atoms with Gasteiger partial charge in [-0.05, 0) is 6.42 Å². The van der Waals surface area contributed by atoms with E-state index in [-0.39, 0.29) is 0 Å². The third-order valence-corrected chi connectivity index (χ3v) is 2.05. The Kier molecular flexibility index (Phi) is 6.13. The van der Waals surface area contributed by atoms with Crippen LogP contribution in [0, 0.1) is 0 Å². The Morgan fingerprint density at radius 1 is 1.17 bits per heavy atom. The second-order valence-electron chi connectivity index (χ2n) is 3.90. The lowest BCUT2D eigenvalue weighted by Gasteiger charge is -2.13. The molecule has 102 valence electrons. The lowest BCUT2D eigenvalue weighted by Crippen LogP contribution is -2.17. The first-order valence-electron chi connectivity index (χ1n) is 5.96. The van der Waals surface area contributed by atoms with E-state index in [1.807, 2.05) is 19.0 Å². The highest BCUT2D eigenvalue weighted by Gasteiger charge is 2.08. The molecular formula is C11H21N5O2. The number of aromatic nitrogens is 3. The summed E-state index contributed by atoms with van der Waals surface area (Å²) in [6, 6.07) is 0.310. The molecule has 0 spiro atoms. The van der Waals surface area contributed by atoms with E-state index in [1.165, 1.54) is 0 Å². The van der Waals surface area contributed by atoms with Crippen molar-refractivity contribution >= 4 is 11.9 Å². The molecule has 1 heterocycles. The van der Waals surface area contributed by atoms with Crippen LogP contribution in [-0.2, 0) is 4.74 Å². The van der Waals surface area contributed by atoms with Crippen molar-refractivity contribution in [2.75, 3.05) is 51.2 Å². The third kappa shape index (κ3) is 4.70. The molecule has 0 saturated heterocycles. The molecule has 0 aliphatic heterocycles. The standard InChI is InChI=1S/C11H21N5O2/c1-5-6-12-9-13-10(16(2)3)15-11(14-9)18-8-7-17-4/h5-8H2,1-4H3,(H,12,13,14,15). The van der Waals surface area contributed by atoms with E-state index in [2.05, 4.69) is 27.2 Å². The van der Waals surface area contributed by atoms with Crippen LogP contribution in [0.25, 0.3) is 0 Å². The molecule has 18 heavy (non-hydrogen) atoms. The van der Waals surface area contributed by atoms with Crippen LogP contribution in [0.1, 0.15) is 13.3 Å². The van der Waals surface area contributed by atoms with Crippen molar-refractivity contribution in [3.8, 4) is 6.01 Å². The number of anilines is 2. The van der Waals surface area contributed by atoms with E-state index in [4.69, 9.17) is 9.47 Å². The second kappa shape index (κ2) is 7.65. The van der Waals surface area contributed by atoms with Gasteiger partial charge >= 0.3 is 6.01 Å². The van der Waals surface area contributed by atoms with Gasteiger partial charge in [-0.25, -0.2) is 0 Å². The molecule has 0 aliphatic rings. The Morgan fingerprint density at radius 2 is 1.94 bits per heavy atom. The predicted molar refractivity (Wildman–Crippen MR) is 70.3 cm³/mol. The summed E-state index contributed by atoms with van der Waals surface area (Å²) in [5, 5.41) is 3.12. The Morgan fingerprint density at radius 3 is 2.56 bits per heavy atom. The monoisotopic (exact) mass is 255 g/mol. The van der Waals surface area contributed by atoms with E-state index in [1.54, 1.807) is 7.11 Å². The third-order valence-electron chi connectivity index (χ3n) is 2.05. The van der Waals surface area contributed by atoms with Crippen LogP contribution in [0.2, 0.25) is 0 Å². The number of nitrogens with zero attached hydrogens (tertiary/aromatic N) is 4. The zero-order chi connectivity index (χ0) is 13.4. The average molecular weight is 255 g/mol. The molecular weight excluding hydrogens is 234 g/mol. The highest BCUT2D eigenvalue weighted by molar-refractivity contribution is 5.36. The second-order valence-corrected chi connectivity index (χ2v) is 3.90. The molecule has 1 aromatic rings. The molecule has 0 radical (unpaired) electrons. The molecule has 0 aromatic carbocycles. The molecule has 7 nitrogen and oxygen atoms in total. The lowest BCUT2D eigenvalue weighted by atomic mass is 10.5. The molecule has 0 unspecified atom stereocenters. The van der Waals surface area contributed by atoms with Crippen LogP contribution in [0.3, 0.4) is 0 Å². The Bertz CT molecular complexity index is 359. The van der Waals surface area contributed by atoms with Crippen molar-refractivity contribution in [1.82, 2.24) is 15.0 Å². The summed E-state index contributed by atoms with van der Waals surface area (Å²) in [5.74, 6) is 1.10. The van der Waals surface area contributed by atoms with E-state index in [0.29, 0.717) is 31.1 Å². The largest absolute Gasteiger partial charge is 0.461 e. The van der Waals surface area contributed by atoms with Crippen LogP contribution >= 0.6 is 0 Å². The first-order valence-corrected chi connectivity index (χ1v) is 5.96. The number of nitrogens with one attached hydrogen (secondary N) is 1.